The maximum atomic E-state index is 12.8. The molecule has 4 rings (SSSR count). The van der Waals surface area contributed by atoms with E-state index < -0.39 is 17.6 Å². The number of pyridine rings is 1. The summed E-state index contributed by atoms with van der Waals surface area (Å²) in [5.74, 6) is 0.00631. The zero-order valence-electron chi connectivity index (χ0n) is 19.5. The van der Waals surface area contributed by atoms with Crippen molar-refractivity contribution in [3.05, 3.63) is 78.6 Å². The van der Waals surface area contributed by atoms with E-state index in [9.17, 15) is 18.0 Å². The van der Waals surface area contributed by atoms with Crippen molar-refractivity contribution < 1.29 is 18.0 Å². The average molecular weight is 496 g/mol. The quantitative estimate of drug-likeness (QED) is 0.319. The van der Waals surface area contributed by atoms with Crippen molar-refractivity contribution in [3.8, 4) is 11.1 Å². The molecule has 8 nitrogen and oxygen atoms in total. The maximum absolute atomic E-state index is 12.8. The molecule has 0 aliphatic rings. The fourth-order valence-electron chi connectivity index (χ4n) is 3.41. The molecule has 0 bridgehead atoms. The normalized spacial score (nSPS) is 11.3. The lowest BCUT2D eigenvalue weighted by molar-refractivity contribution is -0.137. The second-order valence-corrected chi connectivity index (χ2v) is 8.15. The fraction of sp³-hybridized carbons (Fsp3) is 0.240. The zero-order valence-corrected chi connectivity index (χ0v) is 19.5. The summed E-state index contributed by atoms with van der Waals surface area (Å²) in [6.45, 7) is 2.99. The fourth-order valence-corrected chi connectivity index (χ4v) is 3.41. The molecule has 3 aromatic heterocycles. The SMILES string of the molecule is CCCCn1cc(Nc2ncc(-c3ccc(CC(=O)Nc4cncc(C(F)(F)F)c4)cc3)cn2)cn1. The molecule has 0 saturated heterocycles. The first-order chi connectivity index (χ1) is 17.3. The molecule has 0 aliphatic heterocycles. The second kappa shape index (κ2) is 11.0. The summed E-state index contributed by atoms with van der Waals surface area (Å²) in [5, 5.41) is 9.88. The van der Waals surface area contributed by atoms with Crippen LogP contribution in [0, 0.1) is 0 Å². The molecule has 0 unspecified atom stereocenters. The molecule has 0 saturated carbocycles. The molecule has 36 heavy (non-hydrogen) atoms. The Kier molecular flexibility index (Phi) is 7.57. The number of aromatic nitrogens is 5. The number of hydrogen-bond acceptors (Lipinski definition) is 6. The van der Waals surface area contributed by atoms with Gasteiger partial charge < -0.3 is 10.6 Å². The Balaban J connectivity index is 1.33. The zero-order chi connectivity index (χ0) is 25.5. The van der Waals surface area contributed by atoms with Gasteiger partial charge >= 0.3 is 6.18 Å². The predicted octanol–water partition coefficient (Wildman–Crippen LogP) is 5.48. The number of halogens is 3. The van der Waals surface area contributed by atoms with Crippen LogP contribution in [0.2, 0.25) is 0 Å². The van der Waals surface area contributed by atoms with Gasteiger partial charge in [0.25, 0.3) is 0 Å². The molecule has 0 radical (unpaired) electrons. The minimum absolute atomic E-state index is 0.00181. The van der Waals surface area contributed by atoms with Crippen LogP contribution in [-0.2, 0) is 23.9 Å². The minimum atomic E-state index is -4.53. The number of aryl methyl sites for hydroxylation is 1. The number of benzene rings is 1. The third kappa shape index (κ3) is 6.65. The van der Waals surface area contributed by atoms with Gasteiger partial charge in [-0.15, -0.1) is 0 Å². The van der Waals surface area contributed by atoms with Gasteiger partial charge in [0.1, 0.15) is 0 Å². The summed E-state index contributed by atoms with van der Waals surface area (Å²) < 4.78 is 40.3. The van der Waals surface area contributed by atoms with Crippen molar-refractivity contribution in [2.24, 2.45) is 0 Å². The van der Waals surface area contributed by atoms with Gasteiger partial charge in [0.2, 0.25) is 11.9 Å². The van der Waals surface area contributed by atoms with Crippen molar-refractivity contribution in [2.45, 2.75) is 38.9 Å². The lowest BCUT2D eigenvalue weighted by Gasteiger charge is -2.09. The summed E-state index contributed by atoms with van der Waals surface area (Å²) in [7, 11) is 0. The lowest BCUT2D eigenvalue weighted by Crippen LogP contribution is -2.15. The summed E-state index contributed by atoms with van der Waals surface area (Å²) in [6.07, 6.45) is 6.54. The predicted molar refractivity (Wildman–Crippen MR) is 129 cm³/mol. The first kappa shape index (κ1) is 24.8. The van der Waals surface area contributed by atoms with Crippen molar-refractivity contribution in [1.82, 2.24) is 24.7 Å². The van der Waals surface area contributed by atoms with E-state index in [2.05, 4.69) is 37.6 Å². The van der Waals surface area contributed by atoms with Gasteiger partial charge in [-0.2, -0.15) is 18.3 Å². The van der Waals surface area contributed by atoms with E-state index in [0.29, 0.717) is 17.7 Å². The Bertz CT molecular complexity index is 1300. The van der Waals surface area contributed by atoms with Gasteiger partial charge in [0.15, 0.2) is 0 Å². The van der Waals surface area contributed by atoms with Crippen LogP contribution in [0.15, 0.2) is 67.5 Å². The molecule has 3 heterocycles. The van der Waals surface area contributed by atoms with Crippen molar-refractivity contribution in [1.29, 1.82) is 0 Å². The first-order valence-electron chi connectivity index (χ1n) is 11.3. The molecule has 4 aromatic rings. The number of nitrogens with one attached hydrogen (secondary N) is 2. The molecule has 0 atom stereocenters. The molecular formula is C25H24F3N7O. The number of hydrogen-bond donors (Lipinski definition) is 2. The third-order valence-corrected chi connectivity index (χ3v) is 5.28. The number of alkyl halides is 3. The van der Waals surface area contributed by atoms with E-state index in [0.717, 1.165) is 42.3 Å². The Labute approximate surface area is 205 Å². The van der Waals surface area contributed by atoms with Gasteiger partial charge in [0.05, 0.1) is 35.8 Å². The van der Waals surface area contributed by atoms with Crippen LogP contribution >= 0.6 is 0 Å². The first-order valence-corrected chi connectivity index (χ1v) is 11.3. The molecule has 0 spiro atoms. The van der Waals surface area contributed by atoms with Crippen LogP contribution in [0.3, 0.4) is 0 Å². The smallest absolute Gasteiger partial charge is 0.324 e. The molecule has 0 aliphatic carbocycles. The Morgan fingerprint density at radius 1 is 0.972 bits per heavy atom. The van der Waals surface area contributed by atoms with Crippen LogP contribution in [-0.4, -0.2) is 30.6 Å². The third-order valence-electron chi connectivity index (χ3n) is 5.28. The lowest BCUT2D eigenvalue weighted by atomic mass is 10.0. The molecule has 2 N–H and O–H groups in total. The molecular weight excluding hydrogens is 471 g/mol. The monoisotopic (exact) mass is 495 g/mol. The van der Waals surface area contributed by atoms with Gasteiger partial charge in [-0.1, -0.05) is 37.6 Å². The summed E-state index contributed by atoms with van der Waals surface area (Å²) in [6, 6.07) is 8.06. The standard InChI is InChI=1S/C25H24F3N7O/c1-2-3-8-35-16-22(15-32-35)34-24-30-11-19(12-31-24)18-6-4-17(5-7-18)9-23(36)33-21-10-20(13-29-14-21)25(26,27)28/h4-7,10-16H,2-3,8-9H2,1H3,(H,33,36)(H,30,31,34). The topological polar surface area (TPSA) is 97.6 Å². The van der Waals surface area contributed by atoms with E-state index in [1.165, 1.54) is 6.20 Å². The van der Waals surface area contributed by atoms with E-state index >= 15 is 0 Å². The molecule has 186 valence electrons. The average Bonchev–Trinajstić information content (AvgIpc) is 3.30. The second-order valence-electron chi connectivity index (χ2n) is 8.15. The largest absolute Gasteiger partial charge is 0.417 e. The number of nitrogens with zero attached hydrogens (tertiary/aromatic N) is 5. The van der Waals surface area contributed by atoms with Crippen molar-refractivity contribution in [2.75, 3.05) is 10.6 Å². The number of anilines is 3. The highest BCUT2D eigenvalue weighted by Crippen LogP contribution is 2.30. The van der Waals surface area contributed by atoms with Crippen LogP contribution in [0.4, 0.5) is 30.5 Å². The Morgan fingerprint density at radius 2 is 1.72 bits per heavy atom. The number of unbranched alkanes of at least 4 members (excludes halogenated alkanes) is 1. The van der Waals surface area contributed by atoms with Gasteiger partial charge in [-0.3, -0.25) is 14.5 Å². The maximum Gasteiger partial charge on any atom is 0.417 e. The summed E-state index contributed by atoms with van der Waals surface area (Å²) >= 11 is 0. The van der Waals surface area contributed by atoms with E-state index in [1.807, 2.05) is 23.0 Å². The van der Waals surface area contributed by atoms with Gasteiger partial charge in [-0.25, -0.2) is 9.97 Å². The molecule has 11 heteroatoms. The van der Waals surface area contributed by atoms with E-state index in [4.69, 9.17) is 0 Å². The minimum Gasteiger partial charge on any atom is -0.324 e. The Morgan fingerprint density at radius 3 is 2.42 bits per heavy atom. The van der Waals surface area contributed by atoms with Gasteiger partial charge in [-0.05, 0) is 23.6 Å². The number of carbonyl (C=O) groups excluding carboxylic acids is 1. The highest BCUT2D eigenvalue weighted by Gasteiger charge is 2.31. The van der Waals surface area contributed by atoms with Crippen LogP contribution in [0.25, 0.3) is 11.1 Å². The van der Waals surface area contributed by atoms with Crippen LogP contribution in [0.1, 0.15) is 30.9 Å². The van der Waals surface area contributed by atoms with Crippen LogP contribution in [0.5, 0.6) is 0 Å². The number of rotatable bonds is 9. The van der Waals surface area contributed by atoms with Crippen LogP contribution < -0.4 is 10.6 Å². The summed E-state index contributed by atoms with van der Waals surface area (Å²) in [4.78, 5) is 24.5. The Hall–Kier alpha value is -4.28. The van der Waals surface area contributed by atoms with Crippen molar-refractivity contribution >= 4 is 23.2 Å². The van der Waals surface area contributed by atoms with Gasteiger partial charge in [0, 0.05) is 36.9 Å². The molecule has 0 fully saturated rings. The van der Waals surface area contributed by atoms with Crippen molar-refractivity contribution in [3.63, 3.8) is 0 Å². The van der Waals surface area contributed by atoms with E-state index in [-0.39, 0.29) is 12.1 Å². The number of carbonyl (C=O) groups is 1. The number of amides is 1. The molecule has 1 aromatic carbocycles. The highest BCUT2D eigenvalue weighted by molar-refractivity contribution is 5.92. The molecule has 1 amide bonds. The highest BCUT2D eigenvalue weighted by atomic mass is 19.4. The summed E-state index contributed by atoms with van der Waals surface area (Å²) in [5.41, 5.74) is 2.24. The van der Waals surface area contributed by atoms with E-state index in [1.54, 1.807) is 30.7 Å².